The molecule has 3 aromatic rings. The molecule has 2 nitrogen and oxygen atoms in total. The van der Waals surface area contributed by atoms with Crippen molar-refractivity contribution in [2.75, 3.05) is 7.11 Å². The molecule has 1 N–H and O–H groups in total. The lowest BCUT2D eigenvalue weighted by atomic mass is 9.91. The van der Waals surface area contributed by atoms with Crippen molar-refractivity contribution in [3.63, 3.8) is 0 Å². The molecule has 0 unspecified atom stereocenters. The lowest BCUT2D eigenvalue weighted by Gasteiger charge is -2.15. The number of fused-ring (bicyclic) bond motifs is 1. The van der Waals surface area contributed by atoms with Gasteiger partial charge in [0.2, 0.25) is 0 Å². The van der Waals surface area contributed by atoms with Crippen LogP contribution in [0.15, 0.2) is 54.6 Å². The van der Waals surface area contributed by atoms with E-state index >= 15 is 0 Å². The fourth-order valence-corrected chi connectivity index (χ4v) is 3.03. The van der Waals surface area contributed by atoms with E-state index in [1.165, 1.54) is 5.56 Å². The molecule has 0 aliphatic rings. The number of hydrogen-bond acceptors (Lipinski definition) is 2. The number of rotatable bonds is 5. The monoisotopic (exact) mass is 306 g/mol. The van der Waals surface area contributed by atoms with E-state index in [0.717, 1.165) is 46.9 Å². The average Bonchev–Trinajstić information content (AvgIpc) is 2.60. The zero-order valence-electron chi connectivity index (χ0n) is 13.7. The molecule has 3 rings (SSSR count). The molecule has 0 spiro atoms. The predicted octanol–water partition coefficient (Wildman–Crippen LogP) is 5.56. The minimum absolute atomic E-state index is 0.374. The number of hydrogen-bond donors (Lipinski definition) is 1. The molecular weight excluding hydrogens is 284 g/mol. The minimum Gasteiger partial charge on any atom is -0.507 e. The molecular formula is C21H22O2. The molecule has 23 heavy (non-hydrogen) atoms. The summed E-state index contributed by atoms with van der Waals surface area (Å²) >= 11 is 0. The van der Waals surface area contributed by atoms with Crippen LogP contribution in [0.5, 0.6) is 11.5 Å². The molecule has 0 aromatic heterocycles. The van der Waals surface area contributed by atoms with Crippen LogP contribution < -0.4 is 4.74 Å². The van der Waals surface area contributed by atoms with E-state index in [2.05, 4.69) is 19.1 Å². The normalized spacial score (nSPS) is 10.9. The van der Waals surface area contributed by atoms with Crippen LogP contribution in [0.1, 0.15) is 25.3 Å². The summed E-state index contributed by atoms with van der Waals surface area (Å²) in [6.07, 6.45) is 3.22. The number of ether oxygens (including phenoxy) is 1. The van der Waals surface area contributed by atoms with E-state index in [9.17, 15) is 5.11 Å². The Balaban J connectivity index is 2.20. The molecule has 0 bridgehead atoms. The van der Waals surface area contributed by atoms with E-state index in [4.69, 9.17) is 4.74 Å². The third kappa shape index (κ3) is 3.02. The zero-order chi connectivity index (χ0) is 16.2. The molecule has 2 heteroatoms. The van der Waals surface area contributed by atoms with Crippen molar-refractivity contribution in [3.05, 3.63) is 60.2 Å². The Morgan fingerprint density at radius 1 is 1.00 bits per heavy atom. The van der Waals surface area contributed by atoms with Gasteiger partial charge in [0.25, 0.3) is 0 Å². The van der Waals surface area contributed by atoms with Crippen molar-refractivity contribution < 1.29 is 9.84 Å². The Hall–Kier alpha value is -2.48. The van der Waals surface area contributed by atoms with Gasteiger partial charge in [-0.2, -0.15) is 0 Å². The van der Waals surface area contributed by atoms with E-state index in [1.54, 1.807) is 7.11 Å². The first-order valence-electron chi connectivity index (χ1n) is 8.12. The van der Waals surface area contributed by atoms with Crippen LogP contribution in [-0.4, -0.2) is 12.2 Å². The van der Waals surface area contributed by atoms with Crippen LogP contribution in [0.3, 0.4) is 0 Å². The summed E-state index contributed by atoms with van der Waals surface area (Å²) in [5.41, 5.74) is 3.17. The topological polar surface area (TPSA) is 29.5 Å². The zero-order valence-corrected chi connectivity index (χ0v) is 13.7. The highest BCUT2D eigenvalue weighted by atomic mass is 16.5. The third-order valence-electron chi connectivity index (χ3n) is 4.28. The average molecular weight is 306 g/mol. The first-order chi connectivity index (χ1) is 11.2. The van der Waals surface area contributed by atoms with Gasteiger partial charge in [-0.15, -0.1) is 0 Å². The lowest BCUT2D eigenvalue weighted by Crippen LogP contribution is -1.93. The second-order valence-electron chi connectivity index (χ2n) is 5.81. The van der Waals surface area contributed by atoms with Gasteiger partial charge < -0.3 is 9.84 Å². The van der Waals surface area contributed by atoms with Gasteiger partial charge >= 0.3 is 0 Å². The molecule has 0 atom stereocenters. The first kappa shape index (κ1) is 15.4. The molecule has 0 fully saturated rings. The first-order valence-corrected chi connectivity index (χ1v) is 8.12. The number of methoxy groups -OCH3 is 1. The van der Waals surface area contributed by atoms with E-state index < -0.39 is 0 Å². The molecule has 0 saturated carbocycles. The van der Waals surface area contributed by atoms with E-state index in [-0.39, 0.29) is 0 Å². The van der Waals surface area contributed by atoms with Crippen molar-refractivity contribution in [3.8, 4) is 22.6 Å². The standard InChI is InChI=1S/C21H22O2/c1-3-4-7-17-14-16-8-5-6-9-19(16)21(22)20(17)15-10-12-18(23-2)13-11-15/h5-6,8-14,22H,3-4,7H2,1-2H3. The smallest absolute Gasteiger partial charge is 0.131 e. The number of aromatic hydroxyl groups is 1. The molecule has 0 aliphatic carbocycles. The van der Waals surface area contributed by atoms with Crippen LogP contribution >= 0.6 is 0 Å². The van der Waals surface area contributed by atoms with Crippen LogP contribution in [-0.2, 0) is 6.42 Å². The molecule has 0 saturated heterocycles. The van der Waals surface area contributed by atoms with Gasteiger partial charge in [0.15, 0.2) is 0 Å². The van der Waals surface area contributed by atoms with Gasteiger partial charge in [0, 0.05) is 10.9 Å². The maximum Gasteiger partial charge on any atom is 0.131 e. The highest BCUT2D eigenvalue weighted by molar-refractivity contribution is 5.96. The number of phenols is 1. The lowest BCUT2D eigenvalue weighted by molar-refractivity contribution is 0.415. The number of aryl methyl sites for hydroxylation is 1. The fourth-order valence-electron chi connectivity index (χ4n) is 3.03. The maximum atomic E-state index is 10.9. The van der Waals surface area contributed by atoms with Crippen molar-refractivity contribution in [1.82, 2.24) is 0 Å². The molecule has 0 heterocycles. The highest BCUT2D eigenvalue weighted by Crippen LogP contribution is 2.40. The summed E-state index contributed by atoms with van der Waals surface area (Å²) < 4.78 is 5.24. The molecule has 0 radical (unpaired) electrons. The molecule has 0 amide bonds. The second-order valence-corrected chi connectivity index (χ2v) is 5.81. The van der Waals surface area contributed by atoms with Crippen molar-refractivity contribution in [2.24, 2.45) is 0 Å². The van der Waals surface area contributed by atoms with Gasteiger partial charge in [-0.1, -0.05) is 55.8 Å². The molecule has 3 aromatic carbocycles. The Morgan fingerprint density at radius 3 is 2.43 bits per heavy atom. The number of unbranched alkanes of at least 4 members (excludes halogenated alkanes) is 1. The van der Waals surface area contributed by atoms with E-state index in [0.29, 0.717) is 5.75 Å². The van der Waals surface area contributed by atoms with Gasteiger partial charge in [-0.05, 0) is 41.5 Å². The van der Waals surface area contributed by atoms with Crippen molar-refractivity contribution >= 4 is 10.8 Å². The van der Waals surface area contributed by atoms with Crippen LogP contribution in [0, 0.1) is 0 Å². The van der Waals surface area contributed by atoms with E-state index in [1.807, 2.05) is 42.5 Å². The van der Waals surface area contributed by atoms with Gasteiger partial charge in [0.1, 0.15) is 11.5 Å². The Morgan fingerprint density at radius 2 is 1.74 bits per heavy atom. The summed E-state index contributed by atoms with van der Waals surface area (Å²) in [7, 11) is 1.66. The number of benzene rings is 3. The summed E-state index contributed by atoms with van der Waals surface area (Å²) in [4.78, 5) is 0. The minimum atomic E-state index is 0.374. The third-order valence-corrected chi connectivity index (χ3v) is 4.28. The van der Waals surface area contributed by atoms with Gasteiger partial charge in [-0.25, -0.2) is 0 Å². The van der Waals surface area contributed by atoms with Crippen LogP contribution in [0.25, 0.3) is 21.9 Å². The fraction of sp³-hybridized carbons (Fsp3) is 0.238. The Bertz CT molecular complexity index is 804. The Kier molecular flexibility index (Phi) is 4.52. The maximum absolute atomic E-state index is 10.9. The number of phenolic OH excluding ortho intramolecular Hbond substituents is 1. The van der Waals surface area contributed by atoms with Gasteiger partial charge in [0.05, 0.1) is 7.11 Å². The highest BCUT2D eigenvalue weighted by Gasteiger charge is 2.14. The molecule has 118 valence electrons. The summed E-state index contributed by atoms with van der Waals surface area (Å²) in [6.45, 7) is 2.19. The Labute approximate surface area is 137 Å². The van der Waals surface area contributed by atoms with Crippen molar-refractivity contribution in [1.29, 1.82) is 0 Å². The van der Waals surface area contributed by atoms with Gasteiger partial charge in [-0.3, -0.25) is 0 Å². The second kappa shape index (κ2) is 6.74. The van der Waals surface area contributed by atoms with Crippen LogP contribution in [0.2, 0.25) is 0 Å². The SMILES string of the molecule is CCCCc1cc2ccccc2c(O)c1-c1ccc(OC)cc1. The summed E-state index contributed by atoms with van der Waals surface area (Å²) in [5, 5.41) is 12.9. The summed E-state index contributed by atoms with van der Waals surface area (Å²) in [5.74, 6) is 1.20. The summed E-state index contributed by atoms with van der Waals surface area (Å²) in [6, 6.07) is 18.1. The quantitative estimate of drug-likeness (QED) is 0.668. The van der Waals surface area contributed by atoms with Crippen molar-refractivity contribution in [2.45, 2.75) is 26.2 Å². The largest absolute Gasteiger partial charge is 0.507 e. The predicted molar refractivity (Wildman–Crippen MR) is 96.2 cm³/mol. The van der Waals surface area contributed by atoms with Crippen LogP contribution in [0.4, 0.5) is 0 Å². The molecule has 0 aliphatic heterocycles.